The molecule has 1 aliphatic rings. The molecule has 0 bridgehead atoms. The van der Waals surface area contributed by atoms with Crippen LogP contribution in [0.1, 0.15) is 71.3 Å². The second-order valence-electron chi connectivity index (χ2n) is 12.7. The van der Waals surface area contributed by atoms with Crippen LogP contribution in [0, 0.1) is 0 Å². The molecule has 1 atom stereocenters. The van der Waals surface area contributed by atoms with Crippen LogP contribution in [0.5, 0.6) is 0 Å². The summed E-state index contributed by atoms with van der Waals surface area (Å²) in [6.45, 7) is 16.5. The summed E-state index contributed by atoms with van der Waals surface area (Å²) < 4.78 is 10.8. The molecule has 10 nitrogen and oxygen atoms in total. The van der Waals surface area contributed by atoms with E-state index in [0.717, 1.165) is 17.8 Å². The van der Waals surface area contributed by atoms with E-state index in [-0.39, 0.29) is 12.3 Å². The van der Waals surface area contributed by atoms with E-state index in [1.807, 2.05) is 24.3 Å². The number of nitrogens with one attached hydrogen (secondary N) is 2. The monoisotopic (exact) mass is 580 g/mol. The van der Waals surface area contributed by atoms with E-state index in [9.17, 15) is 19.2 Å². The molecule has 1 heterocycles. The van der Waals surface area contributed by atoms with Crippen LogP contribution in [0.4, 0.5) is 16.2 Å². The fraction of sp³-hybridized carbons (Fsp3) is 0.500. The van der Waals surface area contributed by atoms with Gasteiger partial charge in [0.2, 0.25) is 11.8 Å². The van der Waals surface area contributed by atoms with E-state index in [1.165, 1.54) is 0 Å². The molecule has 2 N–H and O–H groups in total. The number of piperazine rings is 1. The average Bonchev–Trinajstić information content (AvgIpc) is 2.87. The number of carbonyl (C=O) groups is 4. The molecule has 3 rings (SSSR count). The van der Waals surface area contributed by atoms with E-state index < -0.39 is 35.2 Å². The first-order chi connectivity index (χ1) is 19.5. The normalized spacial score (nSPS) is 15.3. The largest absolute Gasteiger partial charge is 0.456 e. The number of esters is 1. The van der Waals surface area contributed by atoms with Gasteiger partial charge in [0.15, 0.2) is 0 Å². The van der Waals surface area contributed by atoms with Crippen LogP contribution in [0.3, 0.4) is 0 Å². The molecule has 228 valence electrons. The molecule has 2 aromatic rings. The summed E-state index contributed by atoms with van der Waals surface area (Å²) >= 11 is 0. The van der Waals surface area contributed by atoms with Gasteiger partial charge in [-0.1, -0.05) is 12.1 Å². The summed E-state index contributed by atoms with van der Waals surface area (Å²) in [4.78, 5) is 54.9. The number of hydrogen-bond donors (Lipinski definition) is 2. The highest BCUT2D eigenvalue weighted by atomic mass is 16.6. The molecular formula is C32H44N4O6. The quantitative estimate of drug-likeness (QED) is 0.432. The molecule has 0 spiro atoms. The zero-order valence-corrected chi connectivity index (χ0v) is 25.9. The van der Waals surface area contributed by atoms with E-state index in [1.54, 1.807) is 70.7 Å². The third-order valence-electron chi connectivity index (χ3n) is 6.46. The lowest BCUT2D eigenvalue weighted by Crippen LogP contribution is -2.52. The van der Waals surface area contributed by atoms with Crippen LogP contribution in [0.15, 0.2) is 48.5 Å². The Morgan fingerprint density at radius 3 is 1.98 bits per heavy atom. The summed E-state index contributed by atoms with van der Waals surface area (Å²) in [7, 11) is 0. The van der Waals surface area contributed by atoms with Gasteiger partial charge in [0, 0.05) is 36.9 Å². The van der Waals surface area contributed by atoms with Gasteiger partial charge < -0.3 is 25.0 Å². The Morgan fingerprint density at radius 1 is 0.857 bits per heavy atom. The van der Waals surface area contributed by atoms with Crippen molar-refractivity contribution in [2.45, 2.75) is 85.1 Å². The number of alkyl carbamates (subject to hydrolysis) is 1. The van der Waals surface area contributed by atoms with Gasteiger partial charge in [0.1, 0.15) is 17.2 Å². The summed E-state index contributed by atoms with van der Waals surface area (Å²) in [5.74, 6) is -0.865. The van der Waals surface area contributed by atoms with Crippen molar-refractivity contribution in [3.05, 3.63) is 59.7 Å². The second kappa shape index (κ2) is 13.4. The van der Waals surface area contributed by atoms with Gasteiger partial charge >= 0.3 is 12.1 Å². The smallest absolute Gasteiger partial charge is 0.408 e. The summed E-state index contributed by atoms with van der Waals surface area (Å²) in [5, 5.41) is 5.49. The number of nitrogens with zero attached hydrogens (tertiary/aromatic N) is 2. The predicted octanol–water partition coefficient (Wildman–Crippen LogP) is 4.77. The molecule has 0 radical (unpaired) electrons. The van der Waals surface area contributed by atoms with E-state index >= 15 is 0 Å². The Bertz CT molecular complexity index is 1260. The maximum Gasteiger partial charge on any atom is 0.408 e. The molecule has 0 unspecified atom stereocenters. The fourth-order valence-electron chi connectivity index (χ4n) is 4.37. The summed E-state index contributed by atoms with van der Waals surface area (Å²) in [6, 6.07) is 13.1. The van der Waals surface area contributed by atoms with Crippen molar-refractivity contribution >= 4 is 35.3 Å². The highest BCUT2D eigenvalue weighted by Crippen LogP contribution is 2.21. The van der Waals surface area contributed by atoms with Crippen LogP contribution in [0.25, 0.3) is 0 Å². The minimum atomic E-state index is -0.951. The molecule has 2 aromatic carbocycles. The Labute approximate surface area is 248 Å². The van der Waals surface area contributed by atoms with Crippen LogP contribution in [-0.4, -0.2) is 71.7 Å². The molecule has 0 aliphatic carbocycles. The predicted molar refractivity (Wildman–Crippen MR) is 163 cm³/mol. The zero-order valence-electron chi connectivity index (χ0n) is 25.9. The minimum absolute atomic E-state index is 0.0456. The third-order valence-corrected chi connectivity index (χ3v) is 6.46. The fourth-order valence-corrected chi connectivity index (χ4v) is 4.37. The van der Waals surface area contributed by atoms with Crippen molar-refractivity contribution < 1.29 is 28.7 Å². The van der Waals surface area contributed by atoms with Gasteiger partial charge in [-0.25, -0.2) is 9.59 Å². The van der Waals surface area contributed by atoms with Crippen LogP contribution in [-0.2, 0) is 25.5 Å². The standard InChI is InChI=1S/C32H44N4O6/c1-21(2)35-17-18-36(27(37)20-35)25-15-9-22(10-16-25)19-26(34-30(40)42-32(6,7)8)28(38)33-24-13-11-23(12-14-24)29(39)41-31(3,4)5/h9-16,21,26H,17-20H2,1-8H3,(H,33,38)(H,34,40)/t26-/m0/s1. The van der Waals surface area contributed by atoms with Crippen molar-refractivity contribution in [3.63, 3.8) is 0 Å². The molecule has 1 aliphatic heterocycles. The van der Waals surface area contributed by atoms with Crippen LogP contribution < -0.4 is 15.5 Å². The Kier molecular flexibility index (Phi) is 10.4. The van der Waals surface area contributed by atoms with Gasteiger partial charge in [0.25, 0.3) is 0 Å². The number of rotatable bonds is 8. The van der Waals surface area contributed by atoms with Crippen molar-refractivity contribution in [3.8, 4) is 0 Å². The highest BCUT2D eigenvalue weighted by molar-refractivity contribution is 5.98. The maximum absolute atomic E-state index is 13.3. The zero-order chi connectivity index (χ0) is 31.2. The number of benzene rings is 2. The Morgan fingerprint density at radius 2 is 1.45 bits per heavy atom. The lowest BCUT2D eigenvalue weighted by molar-refractivity contribution is -0.121. The van der Waals surface area contributed by atoms with E-state index in [2.05, 4.69) is 29.4 Å². The second-order valence-corrected chi connectivity index (χ2v) is 12.7. The first-order valence-corrected chi connectivity index (χ1v) is 14.3. The lowest BCUT2D eigenvalue weighted by Gasteiger charge is -2.36. The third kappa shape index (κ3) is 9.87. The number of carbonyl (C=O) groups excluding carboxylic acids is 4. The molecule has 42 heavy (non-hydrogen) atoms. The van der Waals surface area contributed by atoms with Gasteiger partial charge in [-0.05, 0) is 97.4 Å². The molecule has 3 amide bonds. The Balaban J connectivity index is 1.72. The molecular weight excluding hydrogens is 536 g/mol. The molecule has 1 saturated heterocycles. The SMILES string of the molecule is CC(C)N1CCN(c2ccc(C[C@H](NC(=O)OC(C)(C)C)C(=O)Nc3ccc(C(=O)OC(C)(C)C)cc3)cc2)C(=O)C1. The molecule has 0 aromatic heterocycles. The average molecular weight is 581 g/mol. The van der Waals surface area contributed by atoms with Gasteiger partial charge in [-0.15, -0.1) is 0 Å². The first-order valence-electron chi connectivity index (χ1n) is 14.3. The first kappa shape index (κ1) is 32.6. The number of anilines is 2. The van der Waals surface area contributed by atoms with Gasteiger partial charge in [-0.2, -0.15) is 0 Å². The van der Waals surface area contributed by atoms with Gasteiger partial charge in [-0.3, -0.25) is 14.5 Å². The maximum atomic E-state index is 13.3. The summed E-state index contributed by atoms with van der Waals surface area (Å²) in [5.41, 5.74) is 1.03. The number of hydrogen-bond acceptors (Lipinski definition) is 7. The van der Waals surface area contributed by atoms with E-state index in [4.69, 9.17) is 9.47 Å². The van der Waals surface area contributed by atoms with Crippen LogP contribution in [0.2, 0.25) is 0 Å². The summed E-state index contributed by atoms with van der Waals surface area (Å²) in [6.07, 6.45) is -0.524. The Hall–Kier alpha value is -3.92. The number of amides is 3. The number of ether oxygens (including phenoxy) is 2. The molecule has 1 fully saturated rings. The molecule has 10 heteroatoms. The minimum Gasteiger partial charge on any atom is -0.456 e. The highest BCUT2D eigenvalue weighted by Gasteiger charge is 2.28. The molecule has 0 saturated carbocycles. The lowest BCUT2D eigenvalue weighted by atomic mass is 10.0. The van der Waals surface area contributed by atoms with Crippen LogP contribution >= 0.6 is 0 Å². The van der Waals surface area contributed by atoms with Gasteiger partial charge in [0.05, 0.1) is 12.1 Å². The van der Waals surface area contributed by atoms with Crippen molar-refractivity contribution in [2.24, 2.45) is 0 Å². The van der Waals surface area contributed by atoms with Crippen molar-refractivity contribution in [1.29, 1.82) is 0 Å². The topological polar surface area (TPSA) is 117 Å². The van der Waals surface area contributed by atoms with Crippen molar-refractivity contribution in [2.75, 3.05) is 29.9 Å². The van der Waals surface area contributed by atoms with E-state index in [0.29, 0.717) is 30.4 Å². The van der Waals surface area contributed by atoms with Crippen molar-refractivity contribution in [1.82, 2.24) is 10.2 Å².